The molecule has 2 rings (SSSR count). The van der Waals surface area contributed by atoms with E-state index in [1.54, 1.807) is 39.8 Å². The zero-order valence-corrected chi connectivity index (χ0v) is 22.4. The number of nitrogens with zero attached hydrogens (tertiary/aromatic N) is 1. The van der Waals surface area contributed by atoms with Gasteiger partial charge in [-0.1, -0.05) is 36.4 Å². The summed E-state index contributed by atoms with van der Waals surface area (Å²) in [6.45, 7) is 7.06. The number of aromatic nitrogens is 1. The molecule has 0 radical (unpaired) electrons. The van der Waals surface area contributed by atoms with Crippen molar-refractivity contribution in [3.8, 4) is 0 Å². The van der Waals surface area contributed by atoms with E-state index >= 15 is 0 Å². The molecule has 1 aromatic heterocycles. The van der Waals surface area contributed by atoms with Crippen molar-refractivity contribution in [1.29, 1.82) is 0 Å². The third-order valence-electron chi connectivity index (χ3n) is 5.55. The Balaban J connectivity index is 2.14. The minimum Gasteiger partial charge on any atom is -0.444 e. The number of hydrogen-bond acceptors (Lipinski definition) is 7. The lowest BCUT2D eigenvalue weighted by Gasteiger charge is -2.25. The number of amides is 4. The molecule has 2 atom stereocenters. The molecule has 0 fully saturated rings. The summed E-state index contributed by atoms with van der Waals surface area (Å²) in [7, 11) is 0. The van der Waals surface area contributed by atoms with Gasteiger partial charge < -0.3 is 32.2 Å². The Morgan fingerprint density at radius 3 is 2.21 bits per heavy atom. The number of anilines is 1. The summed E-state index contributed by atoms with van der Waals surface area (Å²) >= 11 is 0. The zero-order valence-electron chi connectivity index (χ0n) is 22.4. The highest BCUT2D eigenvalue weighted by atomic mass is 16.6. The summed E-state index contributed by atoms with van der Waals surface area (Å²) in [5.74, 6) is -1.33. The number of carbonyl (C=O) groups excluding carboxylic acids is 4. The highest BCUT2D eigenvalue weighted by molar-refractivity contribution is 5.91. The van der Waals surface area contributed by atoms with Gasteiger partial charge in [-0.2, -0.15) is 0 Å². The van der Waals surface area contributed by atoms with Gasteiger partial charge in [0, 0.05) is 18.7 Å². The number of alkyl carbamates (subject to hydrolysis) is 1. The number of carbonyl (C=O) groups is 4. The topological polar surface area (TPSA) is 179 Å². The Morgan fingerprint density at radius 2 is 1.61 bits per heavy atom. The molecule has 2 aromatic rings. The number of hydrogen-bond donors (Lipinski definition) is 5. The molecule has 0 aliphatic rings. The summed E-state index contributed by atoms with van der Waals surface area (Å²) in [5, 5.41) is 8.04. The second-order valence-corrected chi connectivity index (χ2v) is 9.99. The number of primary amides is 1. The number of nitrogens with two attached hydrogens (primary N) is 2. The fourth-order valence-electron chi connectivity index (χ4n) is 3.60. The van der Waals surface area contributed by atoms with E-state index in [0.29, 0.717) is 17.9 Å². The average Bonchev–Trinajstić information content (AvgIpc) is 2.82. The first kappa shape index (κ1) is 30.1. The van der Waals surface area contributed by atoms with Gasteiger partial charge >= 0.3 is 6.09 Å². The molecule has 0 aliphatic carbocycles. The molecule has 0 aliphatic heterocycles. The van der Waals surface area contributed by atoms with Crippen molar-refractivity contribution in [3.63, 3.8) is 0 Å². The zero-order chi connectivity index (χ0) is 28.3. The first-order valence-electron chi connectivity index (χ1n) is 12.5. The van der Waals surface area contributed by atoms with Crippen LogP contribution in [0.3, 0.4) is 0 Å². The maximum absolute atomic E-state index is 13.3. The Morgan fingerprint density at radius 1 is 0.947 bits per heavy atom. The Hall–Kier alpha value is -4.15. The SMILES string of the molecule is Cc1nc(N)ccc1CNC(=O)[C@H](CCC(N)=O)NC(=O)[C@@H](CCc1ccccc1)NC(=O)OC(C)(C)C. The summed E-state index contributed by atoms with van der Waals surface area (Å²) in [5.41, 5.74) is 12.6. The van der Waals surface area contributed by atoms with Crippen molar-refractivity contribution in [2.24, 2.45) is 5.73 Å². The molecule has 0 saturated heterocycles. The highest BCUT2D eigenvalue weighted by Crippen LogP contribution is 2.11. The summed E-state index contributed by atoms with van der Waals surface area (Å²) in [4.78, 5) is 54.4. The van der Waals surface area contributed by atoms with Crippen LogP contribution in [0.2, 0.25) is 0 Å². The van der Waals surface area contributed by atoms with Crippen molar-refractivity contribution in [1.82, 2.24) is 20.9 Å². The van der Waals surface area contributed by atoms with Crippen LogP contribution in [-0.4, -0.2) is 46.5 Å². The van der Waals surface area contributed by atoms with Gasteiger partial charge in [0.25, 0.3) is 0 Å². The van der Waals surface area contributed by atoms with E-state index in [2.05, 4.69) is 20.9 Å². The lowest BCUT2D eigenvalue weighted by Crippen LogP contribution is -2.54. The fraction of sp³-hybridized carbons (Fsp3) is 0.444. The molecular formula is C27H38N6O5. The molecule has 7 N–H and O–H groups in total. The molecule has 1 aromatic carbocycles. The molecule has 0 unspecified atom stereocenters. The lowest BCUT2D eigenvalue weighted by atomic mass is 10.0. The molecule has 11 nitrogen and oxygen atoms in total. The smallest absolute Gasteiger partial charge is 0.408 e. The van der Waals surface area contributed by atoms with Gasteiger partial charge in [0.15, 0.2) is 0 Å². The minimum absolute atomic E-state index is 0.0102. The predicted molar refractivity (Wildman–Crippen MR) is 144 cm³/mol. The van der Waals surface area contributed by atoms with Gasteiger partial charge in [-0.15, -0.1) is 0 Å². The molecule has 206 valence electrons. The van der Waals surface area contributed by atoms with Crippen LogP contribution in [0.15, 0.2) is 42.5 Å². The van der Waals surface area contributed by atoms with Crippen LogP contribution in [0.4, 0.5) is 10.6 Å². The molecule has 0 spiro atoms. The number of aryl methyl sites for hydroxylation is 2. The summed E-state index contributed by atoms with van der Waals surface area (Å²) in [6.07, 6.45) is -0.125. The van der Waals surface area contributed by atoms with E-state index < -0.39 is 41.5 Å². The minimum atomic E-state index is -1.06. The van der Waals surface area contributed by atoms with Crippen LogP contribution in [-0.2, 0) is 32.1 Å². The van der Waals surface area contributed by atoms with E-state index in [1.807, 2.05) is 30.3 Å². The quantitative estimate of drug-likeness (QED) is 0.280. The van der Waals surface area contributed by atoms with Crippen LogP contribution in [0.5, 0.6) is 0 Å². The first-order chi connectivity index (χ1) is 17.8. The van der Waals surface area contributed by atoms with E-state index in [1.165, 1.54) is 0 Å². The molecule has 0 bridgehead atoms. The Kier molecular flexibility index (Phi) is 11.1. The van der Waals surface area contributed by atoms with E-state index in [4.69, 9.17) is 16.2 Å². The van der Waals surface area contributed by atoms with Crippen LogP contribution in [0.25, 0.3) is 0 Å². The van der Waals surface area contributed by atoms with Gasteiger partial charge in [-0.25, -0.2) is 9.78 Å². The van der Waals surface area contributed by atoms with Crippen molar-refractivity contribution in [2.45, 2.75) is 77.6 Å². The number of rotatable bonds is 12. The first-order valence-corrected chi connectivity index (χ1v) is 12.5. The van der Waals surface area contributed by atoms with Crippen molar-refractivity contribution in [3.05, 3.63) is 59.3 Å². The standard InChI is InChI=1S/C27H38N6O5/c1-17-19(11-14-22(28)31-17)16-30-24(35)20(13-15-23(29)34)32-25(36)21(33-26(37)38-27(2,3)4)12-10-18-8-6-5-7-9-18/h5-9,11,14,20-21H,10,12-13,15-16H2,1-4H3,(H2,28,31)(H2,29,34)(H,30,35)(H,32,36)(H,33,37)/t20-,21+/m0/s1. The largest absolute Gasteiger partial charge is 0.444 e. The Labute approximate surface area is 223 Å². The third kappa shape index (κ3) is 10.9. The molecule has 11 heteroatoms. The summed E-state index contributed by atoms with van der Waals surface area (Å²) in [6, 6.07) is 10.8. The predicted octanol–water partition coefficient (Wildman–Crippen LogP) is 1.86. The number of pyridine rings is 1. The number of ether oxygens (including phenoxy) is 1. The van der Waals surface area contributed by atoms with E-state index in [-0.39, 0.29) is 25.8 Å². The van der Waals surface area contributed by atoms with Gasteiger partial charge in [-0.05, 0) is 64.2 Å². The molecule has 0 saturated carbocycles. The average molecular weight is 527 g/mol. The van der Waals surface area contributed by atoms with Crippen molar-refractivity contribution in [2.75, 3.05) is 5.73 Å². The van der Waals surface area contributed by atoms with Crippen LogP contribution < -0.4 is 27.4 Å². The number of nitrogens with one attached hydrogen (secondary N) is 3. The maximum atomic E-state index is 13.3. The van der Waals surface area contributed by atoms with Crippen LogP contribution >= 0.6 is 0 Å². The third-order valence-corrected chi connectivity index (χ3v) is 5.55. The second-order valence-electron chi connectivity index (χ2n) is 9.99. The van der Waals surface area contributed by atoms with Gasteiger partial charge in [0.2, 0.25) is 17.7 Å². The molecule has 4 amide bonds. The normalized spacial score (nSPS) is 12.6. The van der Waals surface area contributed by atoms with Crippen molar-refractivity contribution >= 4 is 29.6 Å². The highest BCUT2D eigenvalue weighted by Gasteiger charge is 2.28. The molecule has 38 heavy (non-hydrogen) atoms. The van der Waals surface area contributed by atoms with Crippen molar-refractivity contribution < 1.29 is 23.9 Å². The van der Waals surface area contributed by atoms with Gasteiger partial charge in [0.05, 0.1) is 0 Å². The number of nitrogen functional groups attached to an aromatic ring is 1. The van der Waals surface area contributed by atoms with Crippen LogP contribution in [0.1, 0.15) is 56.9 Å². The summed E-state index contributed by atoms with van der Waals surface area (Å²) < 4.78 is 5.32. The van der Waals surface area contributed by atoms with Crippen LogP contribution in [0, 0.1) is 6.92 Å². The second kappa shape index (κ2) is 14.0. The monoisotopic (exact) mass is 526 g/mol. The van der Waals surface area contributed by atoms with E-state index in [0.717, 1.165) is 11.1 Å². The number of benzene rings is 1. The maximum Gasteiger partial charge on any atom is 0.408 e. The van der Waals surface area contributed by atoms with Gasteiger partial charge in [0.1, 0.15) is 23.5 Å². The fourth-order valence-corrected chi connectivity index (χ4v) is 3.60. The van der Waals surface area contributed by atoms with E-state index in [9.17, 15) is 19.2 Å². The lowest BCUT2D eigenvalue weighted by molar-refractivity contribution is -0.130. The molecule has 1 heterocycles. The van der Waals surface area contributed by atoms with Gasteiger partial charge in [-0.3, -0.25) is 14.4 Å². The Bertz CT molecular complexity index is 1120. The molecular weight excluding hydrogens is 488 g/mol.